The van der Waals surface area contributed by atoms with E-state index in [1.807, 2.05) is 25.1 Å². The number of benzene rings is 1. The Balaban J connectivity index is 2.28. The molecular formula is C15H20BrClO. The van der Waals surface area contributed by atoms with E-state index in [0.717, 1.165) is 22.9 Å². The Kier molecular flexibility index (Phi) is 4.40. The van der Waals surface area contributed by atoms with E-state index in [4.69, 9.17) is 11.6 Å². The van der Waals surface area contributed by atoms with Crippen LogP contribution in [-0.2, 0) is 5.60 Å². The van der Waals surface area contributed by atoms with Gasteiger partial charge in [-0.1, -0.05) is 53.4 Å². The van der Waals surface area contributed by atoms with E-state index in [9.17, 15) is 5.11 Å². The van der Waals surface area contributed by atoms with Gasteiger partial charge in [0.05, 0.1) is 5.60 Å². The minimum Gasteiger partial charge on any atom is -0.385 e. The molecule has 3 unspecified atom stereocenters. The molecule has 1 saturated carbocycles. The topological polar surface area (TPSA) is 20.2 Å². The Bertz CT molecular complexity index is 431. The molecule has 1 nitrogen and oxygen atoms in total. The van der Waals surface area contributed by atoms with Crippen molar-refractivity contribution < 1.29 is 5.11 Å². The maximum atomic E-state index is 10.9. The maximum Gasteiger partial charge on any atom is 0.0911 e. The van der Waals surface area contributed by atoms with Gasteiger partial charge in [0.25, 0.3) is 0 Å². The van der Waals surface area contributed by atoms with Crippen LogP contribution in [0.3, 0.4) is 0 Å². The van der Waals surface area contributed by atoms with Crippen LogP contribution in [0.1, 0.15) is 45.1 Å². The van der Waals surface area contributed by atoms with Gasteiger partial charge in [0.15, 0.2) is 0 Å². The summed E-state index contributed by atoms with van der Waals surface area (Å²) in [4.78, 5) is 0. The molecule has 0 saturated heterocycles. The van der Waals surface area contributed by atoms with Gasteiger partial charge < -0.3 is 5.11 Å². The highest BCUT2D eigenvalue weighted by atomic mass is 79.9. The summed E-state index contributed by atoms with van der Waals surface area (Å²) in [7, 11) is 0. The lowest BCUT2D eigenvalue weighted by molar-refractivity contribution is -0.0293. The summed E-state index contributed by atoms with van der Waals surface area (Å²) in [5.74, 6) is 1.00. The third kappa shape index (κ3) is 2.92. The van der Waals surface area contributed by atoms with E-state index in [1.165, 1.54) is 12.8 Å². The van der Waals surface area contributed by atoms with Crippen molar-refractivity contribution in [3.05, 3.63) is 33.3 Å². The van der Waals surface area contributed by atoms with Crippen molar-refractivity contribution in [2.45, 2.75) is 45.1 Å². The van der Waals surface area contributed by atoms with Gasteiger partial charge in [-0.3, -0.25) is 0 Å². The van der Waals surface area contributed by atoms with Gasteiger partial charge in [0, 0.05) is 15.1 Å². The van der Waals surface area contributed by atoms with Crippen LogP contribution in [0.4, 0.5) is 0 Å². The highest BCUT2D eigenvalue weighted by Gasteiger charge is 2.37. The van der Waals surface area contributed by atoms with Crippen LogP contribution in [-0.4, -0.2) is 5.11 Å². The monoisotopic (exact) mass is 330 g/mol. The fourth-order valence-corrected chi connectivity index (χ4v) is 3.93. The second-order valence-electron chi connectivity index (χ2n) is 5.74. The van der Waals surface area contributed by atoms with Crippen molar-refractivity contribution >= 4 is 27.5 Å². The molecule has 3 atom stereocenters. The molecule has 100 valence electrons. The van der Waals surface area contributed by atoms with Crippen LogP contribution in [0.15, 0.2) is 22.7 Å². The Hall–Kier alpha value is -0.0500. The van der Waals surface area contributed by atoms with Gasteiger partial charge in [-0.2, -0.15) is 0 Å². The highest BCUT2D eigenvalue weighted by molar-refractivity contribution is 9.10. The molecule has 1 aromatic rings. The Labute approximate surface area is 123 Å². The largest absolute Gasteiger partial charge is 0.385 e. The first kappa shape index (κ1) is 14.4. The van der Waals surface area contributed by atoms with Crippen LogP contribution in [0.25, 0.3) is 0 Å². The molecule has 2 rings (SSSR count). The summed E-state index contributed by atoms with van der Waals surface area (Å²) in [6, 6.07) is 5.74. The van der Waals surface area contributed by atoms with Crippen molar-refractivity contribution in [1.29, 1.82) is 0 Å². The van der Waals surface area contributed by atoms with E-state index < -0.39 is 5.60 Å². The lowest BCUT2D eigenvalue weighted by Gasteiger charge is -2.38. The molecule has 0 aliphatic heterocycles. The molecule has 0 radical (unpaired) electrons. The fraction of sp³-hybridized carbons (Fsp3) is 0.600. The van der Waals surface area contributed by atoms with Crippen molar-refractivity contribution in [2.24, 2.45) is 11.8 Å². The first-order valence-corrected chi connectivity index (χ1v) is 7.76. The van der Waals surface area contributed by atoms with Crippen molar-refractivity contribution in [3.63, 3.8) is 0 Å². The summed E-state index contributed by atoms with van der Waals surface area (Å²) >= 11 is 9.68. The van der Waals surface area contributed by atoms with Crippen molar-refractivity contribution in [3.8, 4) is 0 Å². The Morgan fingerprint density at radius 3 is 2.72 bits per heavy atom. The zero-order chi connectivity index (χ0) is 13.3. The molecule has 0 aromatic heterocycles. The van der Waals surface area contributed by atoms with Crippen LogP contribution in [0.2, 0.25) is 5.02 Å². The van der Waals surface area contributed by atoms with E-state index in [2.05, 4.69) is 22.9 Å². The Morgan fingerprint density at radius 1 is 1.39 bits per heavy atom. The molecule has 1 aliphatic rings. The molecule has 0 spiro atoms. The van der Waals surface area contributed by atoms with Crippen LogP contribution in [0.5, 0.6) is 0 Å². The van der Waals surface area contributed by atoms with E-state index >= 15 is 0 Å². The first-order chi connectivity index (χ1) is 8.41. The summed E-state index contributed by atoms with van der Waals surface area (Å²) < 4.78 is 0.948. The van der Waals surface area contributed by atoms with Gasteiger partial charge in [0.1, 0.15) is 0 Å². The minimum atomic E-state index is -0.827. The van der Waals surface area contributed by atoms with Crippen molar-refractivity contribution in [2.75, 3.05) is 0 Å². The van der Waals surface area contributed by atoms with Crippen molar-refractivity contribution in [1.82, 2.24) is 0 Å². The predicted molar refractivity (Wildman–Crippen MR) is 79.8 cm³/mol. The van der Waals surface area contributed by atoms with Gasteiger partial charge >= 0.3 is 0 Å². The zero-order valence-electron chi connectivity index (χ0n) is 10.9. The van der Waals surface area contributed by atoms with Gasteiger partial charge in [-0.05, 0) is 43.7 Å². The predicted octanol–water partition coefficient (Wildman–Crippen LogP) is 5.14. The number of rotatable bonds is 2. The zero-order valence-corrected chi connectivity index (χ0v) is 13.3. The third-order valence-electron chi connectivity index (χ3n) is 4.21. The molecule has 1 aliphatic carbocycles. The number of aliphatic hydroxyl groups is 1. The van der Waals surface area contributed by atoms with E-state index in [1.54, 1.807) is 0 Å². The van der Waals surface area contributed by atoms with Crippen LogP contribution in [0, 0.1) is 11.8 Å². The minimum absolute atomic E-state index is 0.305. The second-order valence-corrected chi connectivity index (χ2v) is 7.06. The molecular weight excluding hydrogens is 312 g/mol. The Morgan fingerprint density at radius 2 is 2.11 bits per heavy atom. The number of hydrogen-bond donors (Lipinski definition) is 1. The molecule has 0 bridgehead atoms. The lowest BCUT2D eigenvalue weighted by atomic mass is 9.71. The summed E-state index contributed by atoms with van der Waals surface area (Å²) in [6.45, 7) is 4.18. The molecule has 0 heterocycles. The highest BCUT2D eigenvalue weighted by Crippen LogP contribution is 2.43. The molecule has 1 N–H and O–H groups in total. The second kappa shape index (κ2) is 5.52. The number of halogens is 2. The van der Waals surface area contributed by atoms with Crippen LogP contribution < -0.4 is 0 Å². The summed E-state index contributed by atoms with van der Waals surface area (Å²) in [6.07, 6.45) is 4.65. The molecule has 1 aromatic carbocycles. The molecule has 1 fully saturated rings. The van der Waals surface area contributed by atoms with E-state index in [-0.39, 0.29) is 0 Å². The quantitative estimate of drug-likeness (QED) is 0.796. The average Bonchev–Trinajstić information content (AvgIpc) is 2.28. The summed E-state index contributed by atoms with van der Waals surface area (Å²) in [5.41, 5.74) is 0.0263. The third-order valence-corrected chi connectivity index (χ3v) is 5.01. The SMILES string of the molecule is CC1CCCC(C(C)(O)c2ccc(Br)cc2Cl)C1. The van der Waals surface area contributed by atoms with Gasteiger partial charge in [0.2, 0.25) is 0 Å². The molecule has 0 amide bonds. The lowest BCUT2D eigenvalue weighted by Crippen LogP contribution is -2.35. The fourth-order valence-electron chi connectivity index (χ4n) is 3.06. The number of hydrogen-bond acceptors (Lipinski definition) is 1. The van der Waals surface area contributed by atoms with Gasteiger partial charge in [-0.25, -0.2) is 0 Å². The first-order valence-electron chi connectivity index (χ1n) is 6.59. The smallest absolute Gasteiger partial charge is 0.0911 e. The maximum absolute atomic E-state index is 10.9. The standard InChI is InChI=1S/C15H20BrClO/c1-10-4-3-5-11(8-10)15(2,18)13-7-6-12(16)9-14(13)17/h6-7,9-11,18H,3-5,8H2,1-2H3. The van der Waals surface area contributed by atoms with Gasteiger partial charge in [-0.15, -0.1) is 0 Å². The van der Waals surface area contributed by atoms with Crippen LogP contribution >= 0.6 is 27.5 Å². The molecule has 3 heteroatoms. The molecule has 18 heavy (non-hydrogen) atoms. The van der Waals surface area contributed by atoms with E-state index in [0.29, 0.717) is 16.9 Å². The summed E-state index contributed by atoms with van der Waals surface area (Å²) in [5, 5.41) is 11.5. The average molecular weight is 332 g/mol. The normalized spacial score (nSPS) is 27.8.